The van der Waals surface area contributed by atoms with Crippen molar-refractivity contribution in [2.24, 2.45) is 0 Å². The molecule has 7 heavy (non-hydrogen) atoms. The molecule has 0 aromatic heterocycles. The predicted molar refractivity (Wildman–Crippen MR) is 25.0 cm³/mol. The Bertz CT molecular complexity index is 77.8. The summed E-state index contributed by atoms with van der Waals surface area (Å²) in [6.45, 7) is 1.99. The van der Waals surface area contributed by atoms with Gasteiger partial charge in [-0.05, 0) is 12.8 Å². The quantitative estimate of drug-likeness (QED) is 0.438. The third-order valence-corrected chi connectivity index (χ3v) is 0.361. The van der Waals surface area contributed by atoms with Crippen LogP contribution in [-0.4, -0.2) is 13.2 Å². The Hall–Kier alpha value is -0.680. The van der Waals surface area contributed by atoms with Crippen LogP contribution in [0.3, 0.4) is 0 Å². The van der Waals surface area contributed by atoms with Crippen LogP contribution in [0.15, 0.2) is 0 Å². The van der Waals surface area contributed by atoms with E-state index in [9.17, 15) is 5.11 Å². The van der Waals surface area contributed by atoms with Gasteiger partial charge in [-0.1, -0.05) is 0 Å². The summed E-state index contributed by atoms with van der Waals surface area (Å²) in [5.41, 5.74) is 0. The zero-order valence-corrected chi connectivity index (χ0v) is 4.23. The van der Waals surface area contributed by atoms with E-state index in [1.54, 1.807) is 0 Å². The standard InChI is InChI=1S/C5H7O2/c1-2-7-5-3-4-6/h2,4H2,1H3. The average molecular weight is 99.1 g/mol. The van der Waals surface area contributed by atoms with Gasteiger partial charge in [0, 0.05) is 0 Å². The van der Waals surface area contributed by atoms with Crippen LogP contribution in [0.2, 0.25) is 0 Å². The van der Waals surface area contributed by atoms with Crippen molar-refractivity contribution in [3.63, 3.8) is 0 Å². The van der Waals surface area contributed by atoms with E-state index in [0.29, 0.717) is 6.61 Å². The van der Waals surface area contributed by atoms with Crippen molar-refractivity contribution in [3.8, 4) is 12.0 Å². The van der Waals surface area contributed by atoms with E-state index in [-0.39, 0.29) is 6.61 Å². The summed E-state index contributed by atoms with van der Waals surface area (Å²) in [5, 5.41) is 9.55. The molecule has 39 valence electrons. The lowest BCUT2D eigenvalue weighted by atomic mass is 10.7. The van der Waals surface area contributed by atoms with Gasteiger partial charge in [0.15, 0.2) is 0 Å². The molecule has 2 nitrogen and oxygen atoms in total. The Morgan fingerprint density at radius 3 is 2.86 bits per heavy atom. The van der Waals surface area contributed by atoms with Crippen molar-refractivity contribution in [2.45, 2.75) is 6.92 Å². The summed E-state index contributed by atoms with van der Waals surface area (Å²) in [6.07, 6.45) is 2.22. The van der Waals surface area contributed by atoms with E-state index in [4.69, 9.17) is 0 Å². The molecule has 0 unspecified atom stereocenters. The number of hydrogen-bond acceptors (Lipinski definition) is 1. The average Bonchev–Trinajstić information content (AvgIpc) is 1.69. The van der Waals surface area contributed by atoms with Gasteiger partial charge in [0.1, 0.15) is 12.7 Å². The monoisotopic (exact) mass is 99.0 g/mol. The second-order valence-corrected chi connectivity index (χ2v) is 0.856. The highest BCUT2D eigenvalue weighted by Gasteiger charge is 1.64. The molecule has 0 saturated heterocycles. The SMILES string of the molecule is CCOC#CC[O]. The van der Waals surface area contributed by atoms with Gasteiger partial charge in [0.05, 0.1) is 6.61 Å². The largest absolute Gasteiger partial charge is 0.447 e. The Morgan fingerprint density at radius 1 is 1.71 bits per heavy atom. The van der Waals surface area contributed by atoms with Crippen LogP contribution < -0.4 is 0 Å². The number of hydrogen-bond donors (Lipinski definition) is 0. The predicted octanol–water partition coefficient (Wildman–Crippen LogP) is 0.414. The zero-order valence-electron chi connectivity index (χ0n) is 4.23. The maximum absolute atomic E-state index is 9.55. The van der Waals surface area contributed by atoms with Crippen LogP contribution in [-0.2, 0) is 9.84 Å². The summed E-state index contributed by atoms with van der Waals surface area (Å²) in [5.74, 6) is 2.22. The first-order chi connectivity index (χ1) is 3.41. The van der Waals surface area contributed by atoms with Crippen LogP contribution >= 0.6 is 0 Å². The molecule has 0 amide bonds. The van der Waals surface area contributed by atoms with Crippen LogP contribution in [0.25, 0.3) is 0 Å². The van der Waals surface area contributed by atoms with Gasteiger partial charge < -0.3 is 4.74 Å². The Balaban J connectivity index is 2.91. The smallest absolute Gasteiger partial charge is 0.146 e. The van der Waals surface area contributed by atoms with E-state index >= 15 is 0 Å². The Morgan fingerprint density at radius 2 is 2.43 bits per heavy atom. The normalized spacial score (nSPS) is 6.57. The molecule has 0 aliphatic heterocycles. The van der Waals surface area contributed by atoms with Crippen molar-refractivity contribution < 1.29 is 9.84 Å². The van der Waals surface area contributed by atoms with Gasteiger partial charge in [0.25, 0.3) is 0 Å². The van der Waals surface area contributed by atoms with E-state index in [2.05, 4.69) is 16.8 Å². The fraction of sp³-hybridized carbons (Fsp3) is 0.600. The lowest BCUT2D eigenvalue weighted by Gasteiger charge is -1.81. The van der Waals surface area contributed by atoms with E-state index in [1.807, 2.05) is 6.92 Å². The molecular weight excluding hydrogens is 92.1 g/mol. The van der Waals surface area contributed by atoms with Crippen molar-refractivity contribution in [2.75, 3.05) is 13.2 Å². The minimum Gasteiger partial charge on any atom is -0.447 e. The summed E-state index contributed by atoms with van der Waals surface area (Å²) < 4.78 is 4.51. The van der Waals surface area contributed by atoms with Crippen molar-refractivity contribution in [1.82, 2.24) is 0 Å². The molecule has 1 radical (unpaired) electrons. The molecule has 0 spiro atoms. The molecule has 0 aromatic rings. The molecule has 0 saturated carbocycles. The highest BCUT2D eigenvalue weighted by atomic mass is 16.5. The first kappa shape index (κ1) is 6.32. The van der Waals surface area contributed by atoms with E-state index in [1.165, 1.54) is 0 Å². The molecule has 0 N–H and O–H groups in total. The molecule has 0 heterocycles. The van der Waals surface area contributed by atoms with Crippen molar-refractivity contribution in [1.29, 1.82) is 0 Å². The van der Waals surface area contributed by atoms with Crippen LogP contribution in [0.4, 0.5) is 0 Å². The third kappa shape index (κ3) is 5.32. The maximum atomic E-state index is 9.55. The minimum atomic E-state index is -0.375. The fourth-order valence-electron chi connectivity index (χ4n) is 0.153. The van der Waals surface area contributed by atoms with E-state index < -0.39 is 0 Å². The molecule has 0 aliphatic carbocycles. The summed E-state index contributed by atoms with van der Waals surface area (Å²) in [7, 11) is 0. The topological polar surface area (TPSA) is 29.1 Å². The summed E-state index contributed by atoms with van der Waals surface area (Å²) in [4.78, 5) is 0. The van der Waals surface area contributed by atoms with Gasteiger partial charge in [-0.3, -0.25) is 0 Å². The summed E-state index contributed by atoms with van der Waals surface area (Å²) in [6, 6.07) is 0. The van der Waals surface area contributed by atoms with Gasteiger partial charge in [0.2, 0.25) is 0 Å². The Kier molecular flexibility index (Phi) is 4.80. The van der Waals surface area contributed by atoms with Gasteiger partial charge in [-0.15, -0.1) is 0 Å². The van der Waals surface area contributed by atoms with Gasteiger partial charge in [-0.25, -0.2) is 5.11 Å². The second kappa shape index (κ2) is 5.32. The molecule has 0 aliphatic rings. The number of rotatable bonds is 1. The molecule has 0 bridgehead atoms. The molecule has 0 fully saturated rings. The zero-order chi connectivity index (χ0) is 5.54. The van der Waals surface area contributed by atoms with Gasteiger partial charge in [-0.2, -0.15) is 0 Å². The molecular formula is C5H7O2. The Labute approximate surface area is 43.1 Å². The molecule has 0 atom stereocenters. The lowest BCUT2D eigenvalue weighted by Crippen LogP contribution is -1.77. The summed E-state index contributed by atoms with van der Waals surface area (Å²) >= 11 is 0. The van der Waals surface area contributed by atoms with E-state index in [0.717, 1.165) is 0 Å². The van der Waals surface area contributed by atoms with Gasteiger partial charge >= 0.3 is 0 Å². The highest BCUT2D eigenvalue weighted by Crippen LogP contribution is 1.63. The maximum Gasteiger partial charge on any atom is 0.146 e. The second-order valence-electron chi connectivity index (χ2n) is 0.856. The molecule has 0 aromatic carbocycles. The first-order valence-electron chi connectivity index (χ1n) is 2.09. The minimum absolute atomic E-state index is 0.375. The first-order valence-corrected chi connectivity index (χ1v) is 2.09. The van der Waals surface area contributed by atoms with Crippen LogP contribution in [0.1, 0.15) is 6.92 Å². The van der Waals surface area contributed by atoms with Crippen LogP contribution in [0.5, 0.6) is 0 Å². The van der Waals surface area contributed by atoms with Crippen LogP contribution in [0, 0.1) is 12.0 Å². The molecule has 2 heteroatoms. The highest BCUT2D eigenvalue weighted by molar-refractivity contribution is 4.89. The lowest BCUT2D eigenvalue weighted by molar-refractivity contribution is 0.235. The van der Waals surface area contributed by atoms with Crippen molar-refractivity contribution in [3.05, 3.63) is 0 Å². The number of ether oxygens (including phenoxy) is 1. The van der Waals surface area contributed by atoms with Crippen molar-refractivity contribution >= 4 is 0 Å². The fourth-order valence-corrected chi connectivity index (χ4v) is 0.153. The third-order valence-electron chi connectivity index (χ3n) is 0.361. The molecule has 0 rings (SSSR count).